The van der Waals surface area contributed by atoms with Crippen molar-refractivity contribution in [1.29, 1.82) is 0 Å². The molecule has 7 heteroatoms. The van der Waals surface area contributed by atoms with Gasteiger partial charge in [-0.3, -0.25) is 0 Å². The molecular formula is C25H29FN6. The third-order valence-corrected chi connectivity index (χ3v) is 5.44. The van der Waals surface area contributed by atoms with Gasteiger partial charge in [-0.25, -0.2) is 14.4 Å². The highest BCUT2D eigenvalue weighted by Crippen LogP contribution is 2.29. The number of aromatic nitrogens is 3. The topological polar surface area (TPSA) is 60.1 Å². The Kier molecular flexibility index (Phi) is 6.78. The number of hydrogen-bond acceptors (Lipinski definition) is 5. The quantitative estimate of drug-likeness (QED) is 0.391. The van der Waals surface area contributed by atoms with Crippen LogP contribution in [0.25, 0.3) is 22.3 Å². The van der Waals surface area contributed by atoms with Crippen LogP contribution in [0.4, 0.5) is 10.2 Å². The second-order valence-electron chi connectivity index (χ2n) is 8.27. The monoisotopic (exact) mass is 432 g/mol. The molecule has 0 amide bonds. The standard InChI is InChI=1S/C25H29FN6/c1-31(2)12-11-27-15-20-13-19(9-10-22(20)26)23-14-21-24(30-23)28-17-29-25(21)32(3)16-18-7-5-4-6-8-18/h4-10,13-14,17,27H,11-12,15-16H2,1-3H3,(H,28,29,30). The number of H-pyrrole nitrogens is 1. The van der Waals surface area contributed by atoms with Gasteiger partial charge in [0.25, 0.3) is 0 Å². The Morgan fingerprint density at radius 1 is 1.00 bits per heavy atom. The van der Waals surface area contributed by atoms with Crippen LogP contribution < -0.4 is 10.2 Å². The number of anilines is 1. The molecule has 32 heavy (non-hydrogen) atoms. The first-order valence-corrected chi connectivity index (χ1v) is 10.7. The Morgan fingerprint density at radius 2 is 1.81 bits per heavy atom. The summed E-state index contributed by atoms with van der Waals surface area (Å²) in [5.41, 5.74) is 4.43. The van der Waals surface area contributed by atoms with Crippen LogP contribution in [-0.2, 0) is 13.1 Å². The van der Waals surface area contributed by atoms with Gasteiger partial charge in [0.05, 0.1) is 5.39 Å². The van der Waals surface area contributed by atoms with E-state index in [1.165, 1.54) is 11.6 Å². The minimum absolute atomic E-state index is 0.203. The highest BCUT2D eigenvalue weighted by molar-refractivity contribution is 5.91. The van der Waals surface area contributed by atoms with Crippen LogP contribution in [-0.4, -0.2) is 54.1 Å². The van der Waals surface area contributed by atoms with E-state index in [0.717, 1.165) is 47.7 Å². The molecule has 4 rings (SSSR count). The van der Waals surface area contributed by atoms with Crippen molar-refractivity contribution >= 4 is 16.9 Å². The van der Waals surface area contributed by atoms with Crippen LogP contribution >= 0.6 is 0 Å². The number of benzene rings is 2. The molecule has 0 unspecified atom stereocenters. The maximum absolute atomic E-state index is 14.4. The molecule has 2 aromatic carbocycles. The van der Waals surface area contributed by atoms with Gasteiger partial charge in [-0.15, -0.1) is 0 Å². The summed E-state index contributed by atoms with van der Waals surface area (Å²) in [6, 6.07) is 17.5. The second-order valence-corrected chi connectivity index (χ2v) is 8.27. The molecule has 0 radical (unpaired) electrons. The Morgan fingerprint density at radius 3 is 2.59 bits per heavy atom. The van der Waals surface area contributed by atoms with Crippen molar-refractivity contribution in [3.8, 4) is 11.3 Å². The van der Waals surface area contributed by atoms with E-state index in [2.05, 4.69) is 42.2 Å². The Hall–Kier alpha value is -3.29. The molecule has 0 aliphatic carbocycles. The maximum Gasteiger partial charge on any atom is 0.143 e. The summed E-state index contributed by atoms with van der Waals surface area (Å²) in [5, 5.41) is 4.25. The van der Waals surface area contributed by atoms with Crippen molar-refractivity contribution in [2.75, 3.05) is 39.1 Å². The normalized spacial score (nSPS) is 11.4. The van der Waals surface area contributed by atoms with E-state index in [-0.39, 0.29) is 5.82 Å². The van der Waals surface area contributed by atoms with E-state index in [9.17, 15) is 4.39 Å². The number of likely N-dealkylation sites (N-methyl/N-ethyl adjacent to an activating group) is 1. The lowest BCUT2D eigenvalue weighted by Gasteiger charge is -2.18. The first-order chi connectivity index (χ1) is 15.5. The first-order valence-electron chi connectivity index (χ1n) is 10.7. The smallest absolute Gasteiger partial charge is 0.143 e. The zero-order chi connectivity index (χ0) is 22.5. The minimum atomic E-state index is -0.203. The lowest BCUT2D eigenvalue weighted by molar-refractivity contribution is 0.399. The van der Waals surface area contributed by atoms with Crippen LogP contribution in [0.1, 0.15) is 11.1 Å². The molecule has 0 atom stereocenters. The zero-order valence-corrected chi connectivity index (χ0v) is 18.8. The van der Waals surface area contributed by atoms with Gasteiger partial charge in [-0.2, -0.15) is 0 Å². The van der Waals surface area contributed by atoms with Crippen molar-refractivity contribution in [2.24, 2.45) is 0 Å². The third-order valence-electron chi connectivity index (χ3n) is 5.44. The van der Waals surface area contributed by atoms with Gasteiger partial charge in [0.2, 0.25) is 0 Å². The van der Waals surface area contributed by atoms with Crippen LogP contribution in [0.15, 0.2) is 60.9 Å². The van der Waals surface area contributed by atoms with E-state index in [1.54, 1.807) is 12.4 Å². The number of nitrogens with zero attached hydrogens (tertiary/aromatic N) is 4. The van der Waals surface area contributed by atoms with Crippen LogP contribution in [0.5, 0.6) is 0 Å². The van der Waals surface area contributed by atoms with Crippen molar-refractivity contribution in [3.63, 3.8) is 0 Å². The lowest BCUT2D eigenvalue weighted by Crippen LogP contribution is -2.26. The van der Waals surface area contributed by atoms with Crippen molar-refractivity contribution in [2.45, 2.75) is 13.1 Å². The molecule has 2 N–H and O–H groups in total. The van der Waals surface area contributed by atoms with E-state index >= 15 is 0 Å². The lowest BCUT2D eigenvalue weighted by atomic mass is 10.1. The maximum atomic E-state index is 14.4. The summed E-state index contributed by atoms with van der Waals surface area (Å²) in [7, 11) is 6.07. The fraction of sp³-hybridized carbons (Fsp3) is 0.280. The summed E-state index contributed by atoms with van der Waals surface area (Å²) in [5.74, 6) is 0.652. The van der Waals surface area contributed by atoms with Gasteiger partial charge in [0.1, 0.15) is 23.6 Å². The highest BCUT2D eigenvalue weighted by Gasteiger charge is 2.14. The molecule has 6 nitrogen and oxygen atoms in total. The molecular weight excluding hydrogens is 403 g/mol. The number of rotatable bonds is 9. The average molecular weight is 433 g/mol. The molecule has 166 valence electrons. The Balaban J connectivity index is 1.58. The summed E-state index contributed by atoms with van der Waals surface area (Å²) >= 11 is 0. The van der Waals surface area contributed by atoms with Crippen LogP contribution in [0.3, 0.4) is 0 Å². The first kappa shape index (κ1) is 21.9. The zero-order valence-electron chi connectivity index (χ0n) is 18.8. The van der Waals surface area contributed by atoms with E-state index in [1.807, 2.05) is 51.5 Å². The van der Waals surface area contributed by atoms with E-state index in [4.69, 9.17) is 0 Å². The average Bonchev–Trinajstić information content (AvgIpc) is 3.22. The number of aromatic amines is 1. The van der Waals surface area contributed by atoms with Gasteiger partial charge >= 0.3 is 0 Å². The van der Waals surface area contributed by atoms with Crippen LogP contribution in [0.2, 0.25) is 0 Å². The highest BCUT2D eigenvalue weighted by atomic mass is 19.1. The number of fused-ring (bicyclic) bond motifs is 1. The second kappa shape index (κ2) is 9.89. The molecule has 2 heterocycles. The van der Waals surface area contributed by atoms with E-state index < -0.39 is 0 Å². The molecule has 2 aromatic heterocycles. The van der Waals surface area contributed by atoms with Crippen molar-refractivity contribution in [3.05, 3.63) is 77.9 Å². The number of halogens is 1. The third kappa shape index (κ3) is 5.12. The molecule has 0 saturated carbocycles. The molecule has 0 aliphatic rings. The molecule has 0 bridgehead atoms. The predicted molar refractivity (Wildman–Crippen MR) is 128 cm³/mol. The summed E-state index contributed by atoms with van der Waals surface area (Å²) < 4.78 is 14.4. The van der Waals surface area contributed by atoms with Gasteiger partial charge < -0.3 is 20.1 Å². The van der Waals surface area contributed by atoms with Crippen LogP contribution in [0, 0.1) is 5.82 Å². The van der Waals surface area contributed by atoms with Crippen molar-refractivity contribution in [1.82, 2.24) is 25.2 Å². The SMILES string of the molecule is CN(C)CCNCc1cc(-c2cc3c(N(C)Cc4ccccc4)ncnc3[nH]2)ccc1F. The summed E-state index contributed by atoms with van der Waals surface area (Å²) in [6.45, 7) is 2.93. The largest absolute Gasteiger partial charge is 0.355 e. The molecule has 0 saturated heterocycles. The fourth-order valence-corrected chi connectivity index (χ4v) is 3.72. The minimum Gasteiger partial charge on any atom is -0.355 e. The van der Waals surface area contributed by atoms with Gasteiger partial charge in [0, 0.05) is 44.5 Å². The van der Waals surface area contributed by atoms with Gasteiger partial charge in [0.15, 0.2) is 0 Å². The number of nitrogens with one attached hydrogen (secondary N) is 2. The number of hydrogen-bond donors (Lipinski definition) is 2. The molecule has 4 aromatic rings. The summed E-state index contributed by atoms with van der Waals surface area (Å²) in [4.78, 5) is 16.5. The predicted octanol–water partition coefficient (Wildman–Crippen LogP) is 4.05. The summed E-state index contributed by atoms with van der Waals surface area (Å²) in [6.07, 6.45) is 1.57. The molecule has 0 aliphatic heterocycles. The molecule has 0 spiro atoms. The fourth-order valence-electron chi connectivity index (χ4n) is 3.72. The Labute approximate surface area is 188 Å². The Bertz CT molecular complexity index is 1170. The molecule has 0 fully saturated rings. The van der Waals surface area contributed by atoms with Gasteiger partial charge in [-0.1, -0.05) is 30.3 Å². The van der Waals surface area contributed by atoms with Gasteiger partial charge in [-0.05, 0) is 49.5 Å². The van der Waals surface area contributed by atoms with E-state index in [0.29, 0.717) is 12.1 Å². The van der Waals surface area contributed by atoms with Crippen molar-refractivity contribution < 1.29 is 4.39 Å².